The van der Waals surface area contributed by atoms with Crippen LogP contribution in [0.2, 0.25) is 0 Å². The molecule has 112 valence electrons. The largest absolute Gasteiger partial charge is 0.469 e. The van der Waals surface area contributed by atoms with E-state index in [4.69, 9.17) is 4.42 Å². The molecule has 0 saturated carbocycles. The molecule has 0 bridgehead atoms. The van der Waals surface area contributed by atoms with Crippen molar-refractivity contribution in [3.8, 4) is 0 Å². The third-order valence-corrected chi connectivity index (χ3v) is 4.07. The van der Waals surface area contributed by atoms with Gasteiger partial charge in [0.05, 0.1) is 6.26 Å². The highest BCUT2D eigenvalue weighted by atomic mass is 16.3. The number of hydrogen-bond donors (Lipinski definition) is 2. The van der Waals surface area contributed by atoms with E-state index in [1.165, 1.54) is 6.42 Å². The van der Waals surface area contributed by atoms with E-state index < -0.39 is 0 Å². The summed E-state index contributed by atoms with van der Waals surface area (Å²) in [6.07, 6.45) is 6.48. The van der Waals surface area contributed by atoms with Crippen LogP contribution in [0.3, 0.4) is 0 Å². The van der Waals surface area contributed by atoms with E-state index in [0.717, 1.165) is 42.7 Å². The smallest absolute Gasteiger partial charge is 0.272 e. The Hall–Kier alpha value is -2.04. The molecule has 1 amide bonds. The van der Waals surface area contributed by atoms with Crippen molar-refractivity contribution >= 4 is 5.91 Å². The van der Waals surface area contributed by atoms with Crippen LogP contribution in [-0.2, 0) is 19.3 Å². The highest BCUT2D eigenvalue weighted by molar-refractivity contribution is 5.94. The van der Waals surface area contributed by atoms with Gasteiger partial charge in [0, 0.05) is 24.2 Å². The summed E-state index contributed by atoms with van der Waals surface area (Å²) < 4.78 is 5.27. The summed E-state index contributed by atoms with van der Waals surface area (Å²) in [4.78, 5) is 12.2. The van der Waals surface area contributed by atoms with Gasteiger partial charge >= 0.3 is 0 Å². The van der Waals surface area contributed by atoms with Gasteiger partial charge in [-0.15, -0.1) is 0 Å². The average molecular weight is 287 g/mol. The van der Waals surface area contributed by atoms with Gasteiger partial charge in [-0.05, 0) is 43.7 Å². The summed E-state index contributed by atoms with van der Waals surface area (Å²) in [5.41, 5.74) is 2.82. The number of nitrogens with one attached hydrogen (secondary N) is 2. The fraction of sp³-hybridized carbons (Fsp3) is 0.500. The highest BCUT2D eigenvalue weighted by Crippen LogP contribution is 2.26. The SMILES string of the molecule is C[C@@H]1CCc2[nH]nc(C(=O)NCCCc3ccco3)c2C1. The van der Waals surface area contributed by atoms with Crippen LogP contribution in [-0.4, -0.2) is 22.6 Å². The molecule has 0 unspecified atom stereocenters. The predicted octanol–water partition coefficient (Wildman–Crippen LogP) is 2.49. The molecule has 0 spiro atoms. The summed E-state index contributed by atoms with van der Waals surface area (Å²) in [5, 5.41) is 10.2. The van der Waals surface area contributed by atoms with Crippen LogP contribution < -0.4 is 5.32 Å². The van der Waals surface area contributed by atoms with E-state index in [0.29, 0.717) is 18.2 Å². The molecule has 3 rings (SSSR count). The summed E-state index contributed by atoms with van der Waals surface area (Å²) in [6, 6.07) is 3.83. The molecule has 0 saturated heterocycles. The number of nitrogens with zero attached hydrogens (tertiary/aromatic N) is 1. The monoisotopic (exact) mass is 287 g/mol. The quantitative estimate of drug-likeness (QED) is 0.830. The van der Waals surface area contributed by atoms with Crippen LogP contribution in [0.1, 0.15) is 47.3 Å². The van der Waals surface area contributed by atoms with Gasteiger partial charge in [0.1, 0.15) is 5.76 Å². The van der Waals surface area contributed by atoms with Gasteiger partial charge in [-0.3, -0.25) is 9.89 Å². The zero-order chi connectivity index (χ0) is 14.7. The van der Waals surface area contributed by atoms with Crippen molar-refractivity contribution in [3.05, 3.63) is 41.1 Å². The molecule has 0 fully saturated rings. The predicted molar refractivity (Wildman–Crippen MR) is 79.1 cm³/mol. The van der Waals surface area contributed by atoms with E-state index in [1.807, 2.05) is 12.1 Å². The van der Waals surface area contributed by atoms with Crippen molar-refractivity contribution in [2.24, 2.45) is 5.92 Å². The fourth-order valence-electron chi connectivity index (χ4n) is 2.86. The van der Waals surface area contributed by atoms with Crippen molar-refractivity contribution in [2.45, 2.75) is 39.0 Å². The van der Waals surface area contributed by atoms with Crippen LogP contribution in [0.25, 0.3) is 0 Å². The molecular formula is C16H21N3O2. The minimum Gasteiger partial charge on any atom is -0.469 e. The maximum Gasteiger partial charge on any atom is 0.272 e. The summed E-state index contributed by atoms with van der Waals surface area (Å²) in [6.45, 7) is 2.86. The Morgan fingerprint density at radius 3 is 3.29 bits per heavy atom. The first-order valence-electron chi connectivity index (χ1n) is 7.60. The Morgan fingerprint density at radius 2 is 2.48 bits per heavy atom. The van der Waals surface area contributed by atoms with Crippen molar-refractivity contribution < 1.29 is 9.21 Å². The van der Waals surface area contributed by atoms with Crippen LogP contribution in [0.15, 0.2) is 22.8 Å². The third kappa shape index (κ3) is 3.17. The maximum atomic E-state index is 12.2. The second-order valence-corrected chi connectivity index (χ2v) is 5.82. The normalized spacial score (nSPS) is 17.5. The Balaban J connectivity index is 1.53. The van der Waals surface area contributed by atoms with E-state index in [9.17, 15) is 4.79 Å². The molecule has 1 aliphatic rings. The number of furan rings is 1. The Labute approximate surface area is 124 Å². The van der Waals surface area contributed by atoms with Gasteiger partial charge in [0.25, 0.3) is 5.91 Å². The number of H-pyrrole nitrogens is 1. The topological polar surface area (TPSA) is 70.9 Å². The molecule has 5 heteroatoms. The Kier molecular flexibility index (Phi) is 4.08. The molecular weight excluding hydrogens is 266 g/mol. The number of amides is 1. The number of fused-ring (bicyclic) bond motifs is 1. The van der Waals surface area contributed by atoms with Gasteiger partial charge in [-0.25, -0.2) is 0 Å². The second-order valence-electron chi connectivity index (χ2n) is 5.82. The summed E-state index contributed by atoms with van der Waals surface area (Å²) in [5.74, 6) is 1.51. The first-order valence-corrected chi connectivity index (χ1v) is 7.60. The maximum absolute atomic E-state index is 12.2. The van der Waals surface area contributed by atoms with E-state index in [1.54, 1.807) is 6.26 Å². The van der Waals surface area contributed by atoms with Crippen LogP contribution in [0, 0.1) is 5.92 Å². The Morgan fingerprint density at radius 1 is 1.57 bits per heavy atom. The molecule has 0 aromatic carbocycles. The van der Waals surface area contributed by atoms with Gasteiger partial charge in [-0.2, -0.15) is 5.10 Å². The summed E-state index contributed by atoms with van der Waals surface area (Å²) >= 11 is 0. The lowest BCUT2D eigenvalue weighted by Crippen LogP contribution is -2.27. The lowest BCUT2D eigenvalue weighted by Gasteiger charge is -2.17. The molecule has 2 aromatic rings. The highest BCUT2D eigenvalue weighted by Gasteiger charge is 2.24. The van der Waals surface area contributed by atoms with Crippen molar-refractivity contribution in [2.75, 3.05) is 6.54 Å². The third-order valence-electron chi connectivity index (χ3n) is 4.07. The van der Waals surface area contributed by atoms with Gasteiger partial charge in [0.2, 0.25) is 0 Å². The average Bonchev–Trinajstić information content (AvgIpc) is 3.12. The van der Waals surface area contributed by atoms with Crippen LogP contribution in [0.5, 0.6) is 0 Å². The van der Waals surface area contributed by atoms with E-state index in [2.05, 4.69) is 22.4 Å². The summed E-state index contributed by atoms with van der Waals surface area (Å²) in [7, 11) is 0. The first-order chi connectivity index (χ1) is 10.2. The minimum absolute atomic E-state index is 0.0685. The zero-order valence-electron chi connectivity index (χ0n) is 12.3. The first kappa shape index (κ1) is 13.9. The number of carbonyl (C=O) groups excluding carboxylic acids is 1. The van der Waals surface area contributed by atoms with Gasteiger partial charge in [0.15, 0.2) is 5.69 Å². The van der Waals surface area contributed by atoms with Crippen LogP contribution in [0.4, 0.5) is 0 Å². The van der Waals surface area contributed by atoms with Gasteiger partial charge < -0.3 is 9.73 Å². The number of aromatic nitrogens is 2. The second kappa shape index (κ2) is 6.16. The standard InChI is InChI=1S/C16H21N3O2/c1-11-6-7-14-13(10-11)15(19-18-14)16(20)17-8-2-4-12-5-3-9-21-12/h3,5,9,11H,2,4,6-8,10H2,1H3,(H,17,20)(H,18,19)/t11-/m1/s1. The molecule has 5 nitrogen and oxygen atoms in total. The molecule has 1 aliphatic carbocycles. The number of hydrogen-bond acceptors (Lipinski definition) is 3. The number of aryl methyl sites for hydroxylation is 2. The van der Waals surface area contributed by atoms with Crippen molar-refractivity contribution in [1.29, 1.82) is 0 Å². The fourth-order valence-corrected chi connectivity index (χ4v) is 2.86. The van der Waals surface area contributed by atoms with Crippen LogP contribution >= 0.6 is 0 Å². The molecule has 0 aliphatic heterocycles. The number of carbonyl (C=O) groups is 1. The van der Waals surface area contributed by atoms with E-state index in [-0.39, 0.29) is 5.91 Å². The Bertz CT molecular complexity index is 601. The molecule has 2 N–H and O–H groups in total. The van der Waals surface area contributed by atoms with Gasteiger partial charge in [-0.1, -0.05) is 6.92 Å². The molecule has 1 atom stereocenters. The lowest BCUT2D eigenvalue weighted by atomic mass is 9.87. The zero-order valence-corrected chi connectivity index (χ0v) is 12.3. The molecule has 2 heterocycles. The lowest BCUT2D eigenvalue weighted by molar-refractivity contribution is 0.0946. The molecule has 21 heavy (non-hydrogen) atoms. The minimum atomic E-state index is -0.0685. The number of rotatable bonds is 5. The molecule has 0 radical (unpaired) electrons. The molecule has 2 aromatic heterocycles. The number of aromatic amines is 1. The van der Waals surface area contributed by atoms with E-state index >= 15 is 0 Å². The van der Waals surface area contributed by atoms with Crippen molar-refractivity contribution in [3.63, 3.8) is 0 Å². The van der Waals surface area contributed by atoms with Crippen molar-refractivity contribution in [1.82, 2.24) is 15.5 Å².